The van der Waals surface area contributed by atoms with Crippen molar-refractivity contribution in [3.05, 3.63) is 17.7 Å². The SMILES string of the molecule is CCCCCCNCCn1cnc(C)c1C. The molecule has 0 aliphatic heterocycles. The molecule has 0 bridgehead atoms. The molecule has 0 fully saturated rings. The van der Waals surface area contributed by atoms with Crippen molar-refractivity contribution in [3.8, 4) is 0 Å². The van der Waals surface area contributed by atoms with Gasteiger partial charge in [0, 0.05) is 18.8 Å². The van der Waals surface area contributed by atoms with Crippen LogP contribution in [0, 0.1) is 13.8 Å². The standard InChI is InChI=1S/C13H25N3/c1-4-5-6-7-8-14-9-10-16-11-15-12(2)13(16)3/h11,14H,4-10H2,1-3H3. The Morgan fingerprint density at radius 1 is 1.19 bits per heavy atom. The van der Waals surface area contributed by atoms with Gasteiger partial charge in [-0.2, -0.15) is 0 Å². The Bertz CT molecular complexity index is 291. The van der Waals surface area contributed by atoms with Crippen LogP contribution < -0.4 is 5.32 Å². The second-order valence-electron chi connectivity index (χ2n) is 4.42. The van der Waals surface area contributed by atoms with Gasteiger partial charge in [-0.05, 0) is 26.8 Å². The van der Waals surface area contributed by atoms with E-state index in [1.165, 1.54) is 31.4 Å². The van der Waals surface area contributed by atoms with Crippen molar-refractivity contribution in [1.29, 1.82) is 0 Å². The molecule has 3 nitrogen and oxygen atoms in total. The van der Waals surface area contributed by atoms with E-state index in [4.69, 9.17) is 0 Å². The lowest BCUT2D eigenvalue weighted by Crippen LogP contribution is -2.21. The fourth-order valence-electron chi connectivity index (χ4n) is 1.77. The molecule has 1 heterocycles. The molecule has 0 saturated carbocycles. The molecule has 0 atom stereocenters. The van der Waals surface area contributed by atoms with E-state index in [0.29, 0.717) is 0 Å². The Morgan fingerprint density at radius 3 is 2.62 bits per heavy atom. The zero-order chi connectivity index (χ0) is 11.8. The van der Waals surface area contributed by atoms with E-state index in [1.54, 1.807) is 0 Å². The van der Waals surface area contributed by atoms with Crippen LogP contribution in [0.2, 0.25) is 0 Å². The van der Waals surface area contributed by atoms with E-state index in [1.807, 2.05) is 6.33 Å². The number of rotatable bonds is 8. The van der Waals surface area contributed by atoms with E-state index in [9.17, 15) is 0 Å². The maximum atomic E-state index is 4.29. The third kappa shape index (κ3) is 4.35. The fraction of sp³-hybridized carbons (Fsp3) is 0.769. The van der Waals surface area contributed by atoms with Gasteiger partial charge in [0.2, 0.25) is 0 Å². The van der Waals surface area contributed by atoms with Crippen LogP contribution >= 0.6 is 0 Å². The second kappa shape index (κ2) is 7.44. The number of aryl methyl sites for hydroxylation is 1. The first-order valence-electron chi connectivity index (χ1n) is 6.44. The molecule has 1 rings (SSSR count). The van der Waals surface area contributed by atoms with Crippen LogP contribution in [0.4, 0.5) is 0 Å². The molecule has 0 radical (unpaired) electrons. The molecule has 0 amide bonds. The lowest BCUT2D eigenvalue weighted by atomic mass is 10.2. The van der Waals surface area contributed by atoms with Gasteiger partial charge in [-0.1, -0.05) is 26.2 Å². The highest BCUT2D eigenvalue weighted by Gasteiger charge is 2.00. The lowest BCUT2D eigenvalue weighted by Gasteiger charge is -2.07. The third-order valence-corrected chi connectivity index (χ3v) is 3.08. The quantitative estimate of drug-likeness (QED) is 0.687. The van der Waals surface area contributed by atoms with Crippen molar-refractivity contribution < 1.29 is 0 Å². The summed E-state index contributed by atoms with van der Waals surface area (Å²) in [5.41, 5.74) is 2.43. The lowest BCUT2D eigenvalue weighted by molar-refractivity contribution is 0.556. The summed E-state index contributed by atoms with van der Waals surface area (Å²) in [5.74, 6) is 0. The van der Waals surface area contributed by atoms with E-state index >= 15 is 0 Å². The normalized spacial score (nSPS) is 10.9. The summed E-state index contributed by atoms with van der Waals surface area (Å²) in [6, 6.07) is 0. The highest BCUT2D eigenvalue weighted by molar-refractivity contribution is 5.08. The highest BCUT2D eigenvalue weighted by atomic mass is 15.1. The molecule has 0 aromatic carbocycles. The number of unbranched alkanes of at least 4 members (excludes halogenated alkanes) is 3. The second-order valence-corrected chi connectivity index (χ2v) is 4.42. The average Bonchev–Trinajstić information content (AvgIpc) is 2.59. The minimum Gasteiger partial charge on any atom is -0.333 e. The molecule has 1 aromatic rings. The number of imidazole rings is 1. The van der Waals surface area contributed by atoms with Gasteiger partial charge < -0.3 is 9.88 Å². The first kappa shape index (κ1) is 13.2. The molecule has 1 N–H and O–H groups in total. The molecule has 16 heavy (non-hydrogen) atoms. The van der Waals surface area contributed by atoms with Crippen molar-refractivity contribution in [1.82, 2.24) is 14.9 Å². The topological polar surface area (TPSA) is 29.9 Å². The van der Waals surface area contributed by atoms with Gasteiger partial charge in [-0.15, -0.1) is 0 Å². The number of nitrogens with one attached hydrogen (secondary N) is 1. The Morgan fingerprint density at radius 2 is 2.00 bits per heavy atom. The van der Waals surface area contributed by atoms with Gasteiger partial charge in [0.05, 0.1) is 12.0 Å². The average molecular weight is 223 g/mol. The van der Waals surface area contributed by atoms with Gasteiger partial charge in [-0.25, -0.2) is 4.98 Å². The van der Waals surface area contributed by atoms with E-state index in [0.717, 1.165) is 25.3 Å². The highest BCUT2D eigenvalue weighted by Crippen LogP contribution is 2.03. The molecule has 0 unspecified atom stereocenters. The first-order chi connectivity index (χ1) is 7.75. The molecule has 92 valence electrons. The van der Waals surface area contributed by atoms with Crippen LogP contribution in [0.3, 0.4) is 0 Å². The minimum atomic E-state index is 1.03. The van der Waals surface area contributed by atoms with E-state index < -0.39 is 0 Å². The zero-order valence-corrected chi connectivity index (χ0v) is 10.9. The maximum Gasteiger partial charge on any atom is 0.0951 e. The number of hydrogen-bond donors (Lipinski definition) is 1. The smallest absolute Gasteiger partial charge is 0.0951 e. The summed E-state index contributed by atoms with van der Waals surface area (Å²) in [4.78, 5) is 4.29. The number of nitrogens with zero attached hydrogens (tertiary/aromatic N) is 2. The van der Waals surface area contributed by atoms with Crippen LogP contribution in [0.5, 0.6) is 0 Å². The number of hydrogen-bond acceptors (Lipinski definition) is 2. The Kier molecular flexibility index (Phi) is 6.16. The van der Waals surface area contributed by atoms with Gasteiger partial charge in [0.15, 0.2) is 0 Å². The predicted molar refractivity (Wildman–Crippen MR) is 68.7 cm³/mol. The van der Waals surface area contributed by atoms with Crippen LogP contribution in [0.1, 0.15) is 44.0 Å². The Labute approximate surface area is 99.3 Å². The van der Waals surface area contributed by atoms with Crippen molar-refractivity contribution in [2.45, 2.75) is 53.0 Å². The van der Waals surface area contributed by atoms with Crippen molar-refractivity contribution in [2.24, 2.45) is 0 Å². The molecular weight excluding hydrogens is 198 g/mol. The molecule has 1 aromatic heterocycles. The predicted octanol–water partition coefficient (Wildman–Crippen LogP) is 2.67. The summed E-state index contributed by atoms with van der Waals surface area (Å²) in [5, 5.41) is 3.48. The van der Waals surface area contributed by atoms with Crippen molar-refractivity contribution in [2.75, 3.05) is 13.1 Å². The van der Waals surface area contributed by atoms with E-state index in [2.05, 4.69) is 35.6 Å². The van der Waals surface area contributed by atoms with Crippen molar-refractivity contribution >= 4 is 0 Å². The van der Waals surface area contributed by atoms with Gasteiger partial charge in [0.25, 0.3) is 0 Å². The summed E-state index contributed by atoms with van der Waals surface area (Å²) in [6.45, 7) is 9.65. The molecular formula is C13H25N3. The summed E-state index contributed by atoms with van der Waals surface area (Å²) in [6.07, 6.45) is 7.26. The monoisotopic (exact) mass is 223 g/mol. The summed E-state index contributed by atoms with van der Waals surface area (Å²) < 4.78 is 2.22. The van der Waals surface area contributed by atoms with Crippen LogP contribution in [0.15, 0.2) is 6.33 Å². The summed E-state index contributed by atoms with van der Waals surface area (Å²) in [7, 11) is 0. The zero-order valence-electron chi connectivity index (χ0n) is 10.9. The fourth-order valence-corrected chi connectivity index (χ4v) is 1.77. The molecule has 0 saturated heterocycles. The van der Waals surface area contributed by atoms with Crippen LogP contribution in [-0.2, 0) is 6.54 Å². The van der Waals surface area contributed by atoms with Gasteiger partial charge in [0.1, 0.15) is 0 Å². The van der Waals surface area contributed by atoms with Gasteiger partial charge in [-0.3, -0.25) is 0 Å². The third-order valence-electron chi connectivity index (χ3n) is 3.08. The molecule has 0 aliphatic carbocycles. The van der Waals surface area contributed by atoms with Gasteiger partial charge >= 0.3 is 0 Å². The Balaban J connectivity index is 2.05. The number of aromatic nitrogens is 2. The maximum absolute atomic E-state index is 4.29. The minimum absolute atomic E-state index is 1.03. The molecule has 0 aliphatic rings. The van der Waals surface area contributed by atoms with E-state index in [-0.39, 0.29) is 0 Å². The summed E-state index contributed by atoms with van der Waals surface area (Å²) >= 11 is 0. The molecule has 3 heteroatoms. The molecule has 0 spiro atoms. The largest absolute Gasteiger partial charge is 0.333 e. The first-order valence-corrected chi connectivity index (χ1v) is 6.44. The Hall–Kier alpha value is -0.830. The van der Waals surface area contributed by atoms with Crippen molar-refractivity contribution in [3.63, 3.8) is 0 Å². The van der Waals surface area contributed by atoms with Crippen LogP contribution in [0.25, 0.3) is 0 Å². The van der Waals surface area contributed by atoms with Crippen LogP contribution in [-0.4, -0.2) is 22.6 Å².